The van der Waals surface area contributed by atoms with Crippen molar-refractivity contribution in [3.05, 3.63) is 89.7 Å². The molecule has 2 aromatic carbocycles. The predicted molar refractivity (Wildman–Crippen MR) is 110 cm³/mol. The summed E-state index contributed by atoms with van der Waals surface area (Å²) in [6.45, 7) is 1.82. The van der Waals surface area contributed by atoms with Crippen molar-refractivity contribution in [2.45, 2.75) is 19.6 Å². The van der Waals surface area contributed by atoms with Gasteiger partial charge in [0.25, 0.3) is 11.8 Å². The number of carbonyl (C=O) groups is 3. The quantitative estimate of drug-likeness (QED) is 0.641. The number of nitrogens with one attached hydrogen (secondary N) is 1. The summed E-state index contributed by atoms with van der Waals surface area (Å²) < 4.78 is 5.72. The molecule has 7 nitrogen and oxygen atoms in total. The van der Waals surface area contributed by atoms with Crippen LogP contribution in [0.2, 0.25) is 0 Å². The molecule has 3 amide bonds. The van der Waals surface area contributed by atoms with Crippen molar-refractivity contribution in [1.82, 2.24) is 9.88 Å². The molecule has 0 saturated heterocycles. The molecule has 2 heterocycles. The summed E-state index contributed by atoms with van der Waals surface area (Å²) in [6.07, 6.45) is 1.69. The molecule has 1 aliphatic rings. The largest absolute Gasteiger partial charge is 0.487 e. The smallest absolute Gasteiger partial charge is 0.262 e. The maximum atomic E-state index is 12.7. The number of hydrogen-bond acceptors (Lipinski definition) is 5. The van der Waals surface area contributed by atoms with Gasteiger partial charge in [0.15, 0.2) is 0 Å². The highest BCUT2D eigenvalue weighted by molar-refractivity contribution is 6.23. The fourth-order valence-corrected chi connectivity index (χ4v) is 3.23. The SMILES string of the molecule is CC(C(=O)Nc1cccc(OCc2ccccn2)c1)N1C(=O)c2ccccc2C1=O. The van der Waals surface area contributed by atoms with Gasteiger partial charge in [-0.25, -0.2) is 0 Å². The zero-order chi connectivity index (χ0) is 21.1. The number of anilines is 1. The second kappa shape index (κ2) is 8.16. The van der Waals surface area contributed by atoms with E-state index in [1.54, 1.807) is 54.7 Å². The summed E-state index contributed by atoms with van der Waals surface area (Å²) in [4.78, 5) is 43.1. The van der Waals surface area contributed by atoms with Gasteiger partial charge in [-0.05, 0) is 43.3 Å². The van der Waals surface area contributed by atoms with Gasteiger partial charge in [0.1, 0.15) is 18.4 Å². The lowest BCUT2D eigenvalue weighted by Crippen LogP contribution is -2.45. The minimum atomic E-state index is -0.963. The van der Waals surface area contributed by atoms with Crippen LogP contribution in [-0.2, 0) is 11.4 Å². The fourth-order valence-electron chi connectivity index (χ4n) is 3.23. The van der Waals surface area contributed by atoms with E-state index >= 15 is 0 Å². The van der Waals surface area contributed by atoms with Crippen LogP contribution in [0.25, 0.3) is 0 Å². The van der Waals surface area contributed by atoms with Crippen molar-refractivity contribution in [3.8, 4) is 5.75 Å². The third-order valence-electron chi connectivity index (χ3n) is 4.81. The van der Waals surface area contributed by atoms with Crippen LogP contribution in [0.5, 0.6) is 5.75 Å². The van der Waals surface area contributed by atoms with E-state index < -0.39 is 23.8 Å². The number of carbonyl (C=O) groups excluding carboxylic acids is 3. The molecule has 30 heavy (non-hydrogen) atoms. The van der Waals surface area contributed by atoms with Crippen molar-refractivity contribution in [3.63, 3.8) is 0 Å². The number of fused-ring (bicyclic) bond motifs is 1. The molecule has 4 rings (SSSR count). The van der Waals surface area contributed by atoms with Gasteiger partial charge in [0, 0.05) is 18.0 Å². The molecule has 0 saturated carbocycles. The van der Waals surface area contributed by atoms with Gasteiger partial charge in [0.2, 0.25) is 5.91 Å². The Morgan fingerprint density at radius 3 is 2.37 bits per heavy atom. The first-order chi connectivity index (χ1) is 14.5. The molecular weight excluding hydrogens is 382 g/mol. The van der Waals surface area contributed by atoms with E-state index in [1.807, 2.05) is 18.2 Å². The lowest BCUT2D eigenvalue weighted by Gasteiger charge is -2.21. The van der Waals surface area contributed by atoms with Gasteiger partial charge >= 0.3 is 0 Å². The van der Waals surface area contributed by atoms with E-state index in [0.29, 0.717) is 29.2 Å². The Bertz CT molecular complexity index is 1080. The number of ether oxygens (including phenoxy) is 1. The van der Waals surface area contributed by atoms with E-state index in [-0.39, 0.29) is 0 Å². The minimum Gasteiger partial charge on any atom is -0.487 e. The van der Waals surface area contributed by atoms with Gasteiger partial charge in [0.05, 0.1) is 16.8 Å². The highest BCUT2D eigenvalue weighted by Crippen LogP contribution is 2.25. The average Bonchev–Trinajstić information content (AvgIpc) is 3.03. The van der Waals surface area contributed by atoms with E-state index in [2.05, 4.69) is 10.3 Å². The monoisotopic (exact) mass is 401 g/mol. The zero-order valence-electron chi connectivity index (χ0n) is 16.2. The maximum absolute atomic E-state index is 12.7. The molecule has 150 valence electrons. The molecule has 1 unspecified atom stereocenters. The number of benzene rings is 2. The van der Waals surface area contributed by atoms with Gasteiger partial charge in [-0.2, -0.15) is 0 Å². The molecule has 1 aromatic heterocycles. The zero-order valence-corrected chi connectivity index (χ0v) is 16.2. The molecular formula is C23H19N3O4. The number of rotatable bonds is 6. The van der Waals surface area contributed by atoms with Crippen LogP contribution in [0.4, 0.5) is 5.69 Å². The van der Waals surface area contributed by atoms with Gasteiger partial charge < -0.3 is 10.1 Å². The second-order valence-electron chi connectivity index (χ2n) is 6.83. The predicted octanol–water partition coefficient (Wildman–Crippen LogP) is 3.28. The van der Waals surface area contributed by atoms with Crippen LogP contribution >= 0.6 is 0 Å². The first kappa shape index (κ1) is 19.3. The lowest BCUT2D eigenvalue weighted by atomic mass is 10.1. The first-order valence-electron chi connectivity index (χ1n) is 9.45. The normalized spacial score (nSPS) is 13.7. The standard InChI is InChI=1S/C23H19N3O4/c1-15(26-22(28)19-10-2-3-11-20(19)23(26)29)21(27)25-16-8-6-9-18(13-16)30-14-17-7-4-5-12-24-17/h2-13,15H,14H2,1H3,(H,25,27). The van der Waals surface area contributed by atoms with Crippen LogP contribution in [0.15, 0.2) is 72.9 Å². The molecule has 0 aliphatic carbocycles. The van der Waals surface area contributed by atoms with Crippen molar-refractivity contribution >= 4 is 23.4 Å². The minimum absolute atomic E-state index is 0.295. The Morgan fingerprint density at radius 1 is 1.00 bits per heavy atom. The first-order valence-corrected chi connectivity index (χ1v) is 9.45. The molecule has 0 bridgehead atoms. The van der Waals surface area contributed by atoms with Crippen LogP contribution in [0.1, 0.15) is 33.3 Å². The molecule has 1 N–H and O–H groups in total. The summed E-state index contributed by atoms with van der Waals surface area (Å²) in [5.41, 5.74) is 1.91. The van der Waals surface area contributed by atoms with Crippen LogP contribution in [0, 0.1) is 0 Å². The van der Waals surface area contributed by atoms with E-state index in [1.165, 1.54) is 6.92 Å². The Kier molecular flexibility index (Phi) is 5.26. The van der Waals surface area contributed by atoms with Crippen molar-refractivity contribution in [1.29, 1.82) is 0 Å². The summed E-state index contributed by atoms with van der Waals surface area (Å²) in [5, 5.41) is 2.74. The van der Waals surface area contributed by atoms with Gasteiger partial charge in [-0.1, -0.05) is 24.3 Å². The number of imide groups is 1. The van der Waals surface area contributed by atoms with Gasteiger partial charge in [-0.3, -0.25) is 24.3 Å². The summed E-state index contributed by atoms with van der Waals surface area (Å²) in [6, 6.07) is 18.1. The lowest BCUT2D eigenvalue weighted by molar-refractivity contribution is -0.119. The Hall–Kier alpha value is -4.00. The summed E-state index contributed by atoms with van der Waals surface area (Å²) in [7, 11) is 0. The fraction of sp³-hybridized carbons (Fsp3) is 0.130. The number of hydrogen-bond donors (Lipinski definition) is 1. The summed E-state index contributed by atoms with van der Waals surface area (Å²) >= 11 is 0. The third kappa shape index (κ3) is 3.77. The van der Waals surface area contributed by atoms with E-state index in [9.17, 15) is 14.4 Å². The number of pyridine rings is 1. The molecule has 0 radical (unpaired) electrons. The van der Waals surface area contributed by atoms with E-state index in [4.69, 9.17) is 4.74 Å². The highest BCUT2D eigenvalue weighted by Gasteiger charge is 2.40. The van der Waals surface area contributed by atoms with E-state index in [0.717, 1.165) is 10.6 Å². The molecule has 0 fully saturated rings. The Balaban J connectivity index is 1.43. The number of aromatic nitrogens is 1. The topological polar surface area (TPSA) is 88.6 Å². The van der Waals surface area contributed by atoms with Crippen molar-refractivity contribution in [2.75, 3.05) is 5.32 Å². The molecule has 1 aliphatic heterocycles. The molecule has 0 spiro atoms. The molecule has 3 aromatic rings. The van der Waals surface area contributed by atoms with Crippen molar-refractivity contribution in [2.24, 2.45) is 0 Å². The highest BCUT2D eigenvalue weighted by atomic mass is 16.5. The van der Waals surface area contributed by atoms with Crippen LogP contribution < -0.4 is 10.1 Å². The third-order valence-corrected chi connectivity index (χ3v) is 4.81. The van der Waals surface area contributed by atoms with Gasteiger partial charge in [-0.15, -0.1) is 0 Å². The number of nitrogens with zero attached hydrogens (tertiary/aromatic N) is 2. The van der Waals surface area contributed by atoms with Crippen LogP contribution in [0.3, 0.4) is 0 Å². The maximum Gasteiger partial charge on any atom is 0.262 e. The average molecular weight is 401 g/mol. The van der Waals surface area contributed by atoms with Crippen LogP contribution in [-0.4, -0.2) is 33.6 Å². The Labute approximate surface area is 173 Å². The molecule has 7 heteroatoms. The molecule has 1 atom stereocenters. The number of amides is 3. The Morgan fingerprint density at radius 2 is 1.70 bits per heavy atom. The van der Waals surface area contributed by atoms with Crippen molar-refractivity contribution < 1.29 is 19.1 Å². The summed E-state index contributed by atoms with van der Waals surface area (Å²) in [5.74, 6) is -0.838. The second-order valence-corrected chi connectivity index (χ2v) is 6.83.